The Labute approximate surface area is 147 Å². The van der Waals surface area contributed by atoms with Crippen LogP contribution < -0.4 is 16.4 Å². The summed E-state index contributed by atoms with van der Waals surface area (Å²) in [6.45, 7) is 10.7. The number of halogens is 1. The summed E-state index contributed by atoms with van der Waals surface area (Å²) in [4.78, 5) is 20.2. The van der Waals surface area contributed by atoms with E-state index in [0.29, 0.717) is 23.9 Å². The summed E-state index contributed by atoms with van der Waals surface area (Å²) in [5.74, 6) is 0.215. The van der Waals surface area contributed by atoms with Crippen LogP contribution in [-0.2, 0) is 4.74 Å². The van der Waals surface area contributed by atoms with E-state index in [1.54, 1.807) is 11.0 Å². The van der Waals surface area contributed by atoms with Crippen LogP contribution in [0.2, 0.25) is 5.15 Å². The minimum atomic E-state index is -0.519. The smallest absolute Gasteiger partial charge is 0.410 e. The minimum Gasteiger partial charge on any atom is -0.444 e. The van der Waals surface area contributed by atoms with Crippen molar-refractivity contribution in [3.63, 3.8) is 0 Å². The number of nitrogens with two attached hydrogens (primary N) is 2. The van der Waals surface area contributed by atoms with Crippen LogP contribution in [-0.4, -0.2) is 46.8 Å². The van der Waals surface area contributed by atoms with Gasteiger partial charge < -0.3 is 26.0 Å². The third-order valence-corrected chi connectivity index (χ3v) is 4.15. The number of ether oxygens (including phenoxy) is 1. The third kappa shape index (κ3) is 3.95. The Kier molecular flexibility index (Phi) is 5.03. The van der Waals surface area contributed by atoms with E-state index in [4.69, 9.17) is 27.8 Å². The molecule has 7 nitrogen and oxygen atoms in total. The molecule has 0 bridgehead atoms. The minimum absolute atomic E-state index is 0.0360. The van der Waals surface area contributed by atoms with Crippen molar-refractivity contribution in [1.82, 2.24) is 9.88 Å². The summed E-state index contributed by atoms with van der Waals surface area (Å²) in [7, 11) is 0. The second kappa shape index (κ2) is 6.55. The van der Waals surface area contributed by atoms with Crippen LogP contribution in [0.15, 0.2) is 6.07 Å². The highest BCUT2D eigenvalue weighted by Crippen LogP contribution is 2.33. The lowest BCUT2D eigenvalue weighted by molar-refractivity contribution is 0.0130. The molecule has 2 heterocycles. The van der Waals surface area contributed by atoms with E-state index in [1.807, 2.05) is 34.6 Å². The first-order chi connectivity index (χ1) is 11.0. The van der Waals surface area contributed by atoms with Gasteiger partial charge in [-0.3, -0.25) is 0 Å². The average Bonchev–Trinajstić information content (AvgIpc) is 2.43. The van der Waals surface area contributed by atoms with E-state index < -0.39 is 5.60 Å². The second-order valence-corrected chi connectivity index (χ2v) is 7.63. The van der Waals surface area contributed by atoms with Crippen molar-refractivity contribution in [2.45, 2.75) is 52.3 Å². The van der Waals surface area contributed by atoms with Crippen LogP contribution >= 0.6 is 11.6 Å². The fourth-order valence-corrected chi connectivity index (χ4v) is 3.00. The van der Waals surface area contributed by atoms with E-state index in [0.717, 1.165) is 5.69 Å². The van der Waals surface area contributed by atoms with E-state index >= 15 is 0 Å². The average molecular weight is 356 g/mol. The summed E-state index contributed by atoms with van der Waals surface area (Å²) >= 11 is 6.02. The van der Waals surface area contributed by atoms with E-state index in [2.05, 4.69) is 9.88 Å². The molecule has 8 heteroatoms. The second-order valence-electron chi connectivity index (χ2n) is 7.25. The molecule has 2 atom stereocenters. The highest BCUT2D eigenvalue weighted by Gasteiger charge is 2.35. The highest BCUT2D eigenvalue weighted by molar-refractivity contribution is 6.30. The standard InChI is InChI=1S/C16H26ClN5O2/c1-9-8-22(15(23)24-16(3,4)5)10(2)7-21(9)11-6-12(17)20-14(19)13(11)18/h6,9-10H,7-8,18H2,1-5H3,(H2,19,20)/t9-,10+/m0/s1. The molecule has 1 aromatic heterocycles. The predicted molar refractivity (Wildman–Crippen MR) is 97.3 cm³/mol. The molecule has 1 saturated heterocycles. The van der Waals surface area contributed by atoms with Crippen LogP contribution in [0, 0.1) is 0 Å². The van der Waals surface area contributed by atoms with Crippen LogP contribution in [0.1, 0.15) is 34.6 Å². The molecule has 0 saturated carbocycles. The zero-order valence-corrected chi connectivity index (χ0v) is 15.6. The van der Waals surface area contributed by atoms with Gasteiger partial charge in [0.05, 0.1) is 11.4 Å². The molecule has 0 aromatic carbocycles. The summed E-state index contributed by atoms with van der Waals surface area (Å²) < 4.78 is 5.49. The number of hydrogen-bond acceptors (Lipinski definition) is 6. The van der Waals surface area contributed by atoms with Gasteiger partial charge in [0.25, 0.3) is 0 Å². The van der Waals surface area contributed by atoms with Gasteiger partial charge in [-0.25, -0.2) is 9.78 Å². The van der Waals surface area contributed by atoms with E-state index in [1.165, 1.54) is 0 Å². The predicted octanol–water partition coefficient (Wildman–Crippen LogP) is 2.73. The van der Waals surface area contributed by atoms with E-state index in [9.17, 15) is 4.79 Å². The van der Waals surface area contributed by atoms with Crippen molar-refractivity contribution < 1.29 is 9.53 Å². The van der Waals surface area contributed by atoms with Gasteiger partial charge in [-0.1, -0.05) is 11.6 Å². The monoisotopic (exact) mass is 355 g/mol. The van der Waals surface area contributed by atoms with Crippen molar-refractivity contribution in [3.05, 3.63) is 11.2 Å². The molecule has 134 valence electrons. The lowest BCUT2D eigenvalue weighted by Gasteiger charge is -2.45. The maximum absolute atomic E-state index is 12.4. The molecule has 2 rings (SSSR count). The number of carbonyl (C=O) groups excluding carboxylic acids is 1. The van der Waals surface area contributed by atoms with Crippen LogP contribution in [0.3, 0.4) is 0 Å². The number of amides is 1. The molecule has 1 fully saturated rings. The summed E-state index contributed by atoms with van der Waals surface area (Å²) in [6.07, 6.45) is -0.304. The van der Waals surface area contributed by atoms with Crippen molar-refractivity contribution in [2.75, 3.05) is 29.5 Å². The molecule has 4 N–H and O–H groups in total. The summed E-state index contributed by atoms with van der Waals surface area (Å²) in [5.41, 5.74) is 12.5. The number of piperazine rings is 1. The number of nitrogen functional groups attached to an aromatic ring is 2. The number of carbonyl (C=O) groups is 1. The first-order valence-electron chi connectivity index (χ1n) is 7.97. The quantitative estimate of drug-likeness (QED) is 0.751. The largest absolute Gasteiger partial charge is 0.444 e. The fraction of sp³-hybridized carbons (Fsp3) is 0.625. The molecule has 0 spiro atoms. The Balaban J connectivity index is 2.21. The number of rotatable bonds is 1. The maximum atomic E-state index is 12.4. The van der Waals surface area contributed by atoms with E-state index in [-0.39, 0.29) is 24.0 Å². The lowest BCUT2D eigenvalue weighted by Crippen LogP contribution is -2.59. The Bertz CT molecular complexity index is 632. The number of anilines is 3. The van der Waals surface area contributed by atoms with Crippen LogP contribution in [0.25, 0.3) is 0 Å². The van der Waals surface area contributed by atoms with Gasteiger partial charge in [-0.05, 0) is 34.6 Å². The SMILES string of the molecule is C[C@@H]1CN(c2cc(Cl)nc(N)c2N)[C@@H](C)CN1C(=O)OC(C)(C)C. The van der Waals surface area contributed by atoms with Crippen LogP contribution in [0.5, 0.6) is 0 Å². The fourth-order valence-electron chi connectivity index (χ4n) is 2.80. The van der Waals surface area contributed by atoms with Crippen molar-refractivity contribution in [2.24, 2.45) is 0 Å². The van der Waals surface area contributed by atoms with Gasteiger partial charge in [0.15, 0.2) is 5.82 Å². The van der Waals surface area contributed by atoms with Crippen LogP contribution in [0.4, 0.5) is 22.0 Å². The summed E-state index contributed by atoms with van der Waals surface area (Å²) in [5, 5.41) is 0.297. The first kappa shape index (κ1) is 18.4. The number of nitrogens with zero attached hydrogens (tertiary/aromatic N) is 3. The van der Waals surface area contributed by atoms with Crippen molar-refractivity contribution in [3.8, 4) is 0 Å². The Hall–Kier alpha value is -1.89. The zero-order valence-electron chi connectivity index (χ0n) is 14.8. The Morgan fingerprint density at radius 2 is 1.92 bits per heavy atom. The Morgan fingerprint density at radius 1 is 1.29 bits per heavy atom. The molecule has 1 aliphatic rings. The molecule has 0 radical (unpaired) electrons. The molecular formula is C16H26ClN5O2. The van der Waals surface area contributed by atoms with Gasteiger partial charge in [0, 0.05) is 31.2 Å². The molecule has 1 aromatic rings. The van der Waals surface area contributed by atoms with Gasteiger partial charge in [-0.2, -0.15) is 0 Å². The van der Waals surface area contributed by atoms with Crippen molar-refractivity contribution >= 4 is 34.9 Å². The van der Waals surface area contributed by atoms with Gasteiger partial charge >= 0.3 is 6.09 Å². The first-order valence-corrected chi connectivity index (χ1v) is 8.35. The zero-order chi connectivity index (χ0) is 18.2. The van der Waals surface area contributed by atoms with Gasteiger partial charge in [0.1, 0.15) is 10.8 Å². The normalized spacial score (nSPS) is 21.8. The van der Waals surface area contributed by atoms with Gasteiger partial charge in [0.2, 0.25) is 0 Å². The van der Waals surface area contributed by atoms with Gasteiger partial charge in [-0.15, -0.1) is 0 Å². The number of pyridine rings is 1. The molecule has 1 aliphatic heterocycles. The third-order valence-electron chi connectivity index (χ3n) is 3.96. The van der Waals surface area contributed by atoms with Crippen molar-refractivity contribution in [1.29, 1.82) is 0 Å². The molecular weight excluding hydrogens is 330 g/mol. The summed E-state index contributed by atoms with van der Waals surface area (Å²) in [6, 6.07) is 1.71. The number of aromatic nitrogens is 1. The maximum Gasteiger partial charge on any atom is 0.410 e. The molecule has 0 unspecified atom stereocenters. The topological polar surface area (TPSA) is 97.7 Å². The molecule has 24 heavy (non-hydrogen) atoms. The molecule has 1 amide bonds. The lowest BCUT2D eigenvalue weighted by atomic mass is 10.1. The molecule has 0 aliphatic carbocycles. The highest BCUT2D eigenvalue weighted by atomic mass is 35.5. The Morgan fingerprint density at radius 3 is 2.50 bits per heavy atom. The number of hydrogen-bond donors (Lipinski definition) is 2.